The molecule has 0 aromatic carbocycles. The number of hydrogen-bond donors (Lipinski definition) is 1. The summed E-state index contributed by atoms with van der Waals surface area (Å²) in [5, 5.41) is 9.15. The van der Waals surface area contributed by atoms with E-state index >= 15 is 0 Å². The number of rotatable bonds is 7. The Balaban J connectivity index is 2.30. The topological polar surface area (TPSA) is 42.7 Å². The Kier molecular flexibility index (Phi) is 5.31. The van der Waals surface area contributed by atoms with Crippen LogP contribution in [0.5, 0.6) is 0 Å². The highest BCUT2D eigenvalue weighted by atomic mass is 32.1. The summed E-state index contributed by atoms with van der Waals surface area (Å²) in [6.45, 7) is 10.5. The average molecular weight is 292 g/mol. The van der Waals surface area contributed by atoms with Gasteiger partial charge in [0.25, 0.3) is 0 Å². The molecule has 1 N–H and O–H groups in total. The predicted octanol–water partition coefficient (Wildman–Crippen LogP) is 3.32. The zero-order valence-electron chi connectivity index (χ0n) is 12.8. The molecule has 0 aliphatic carbocycles. The number of hydrogen-bond acceptors (Lipinski definition) is 4. The number of thiazole rings is 1. The van der Waals surface area contributed by atoms with Gasteiger partial charge in [-0.25, -0.2) is 4.98 Å². The SMILES string of the molecule is CCCNC(c1cnn(CC)c1)c1nc(CC)c(C)s1. The summed E-state index contributed by atoms with van der Waals surface area (Å²) in [6.07, 6.45) is 6.19. The molecule has 4 nitrogen and oxygen atoms in total. The van der Waals surface area contributed by atoms with Crippen molar-refractivity contribution < 1.29 is 0 Å². The number of aromatic nitrogens is 3. The molecule has 0 saturated carbocycles. The first-order valence-electron chi connectivity index (χ1n) is 7.41. The highest BCUT2D eigenvalue weighted by Crippen LogP contribution is 2.28. The van der Waals surface area contributed by atoms with E-state index in [1.807, 2.05) is 10.9 Å². The lowest BCUT2D eigenvalue weighted by Gasteiger charge is -2.14. The molecule has 20 heavy (non-hydrogen) atoms. The zero-order valence-corrected chi connectivity index (χ0v) is 13.6. The third-order valence-electron chi connectivity index (χ3n) is 3.40. The molecule has 2 rings (SSSR count). The second-order valence-electron chi connectivity index (χ2n) is 4.93. The lowest BCUT2D eigenvalue weighted by Crippen LogP contribution is -2.22. The van der Waals surface area contributed by atoms with E-state index in [4.69, 9.17) is 4.98 Å². The monoisotopic (exact) mass is 292 g/mol. The van der Waals surface area contributed by atoms with Crippen LogP contribution in [0.2, 0.25) is 0 Å². The van der Waals surface area contributed by atoms with Gasteiger partial charge in [0.15, 0.2) is 0 Å². The summed E-state index contributed by atoms with van der Waals surface area (Å²) in [5.41, 5.74) is 2.42. The van der Waals surface area contributed by atoms with E-state index in [9.17, 15) is 0 Å². The summed E-state index contributed by atoms with van der Waals surface area (Å²) in [4.78, 5) is 6.14. The van der Waals surface area contributed by atoms with Crippen molar-refractivity contribution >= 4 is 11.3 Å². The minimum Gasteiger partial charge on any atom is -0.304 e. The molecule has 1 atom stereocenters. The van der Waals surface area contributed by atoms with Crippen LogP contribution in [-0.4, -0.2) is 21.3 Å². The fraction of sp³-hybridized carbons (Fsp3) is 0.600. The molecule has 2 aromatic rings. The maximum Gasteiger partial charge on any atom is 0.115 e. The summed E-state index contributed by atoms with van der Waals surface area (Å²) in [5.74, 6) is 0. The van der Waals surface area contributed by atoms with Crippen LogP contribution in [0.4, 0.5) is 0 Å². The molecule has 0 bridgehead atoms. The standard InChI is InChI=1S/C15H24N4S/c1-5-8-16-14(12-9-17-19(7-3)10-12)15-18-13(6-2)11(4)20-15/h9-10,14,16H,5-8H2,1-4H3. The van der Waals surface area contributed by atoms with E-state index in [0.29, 0.717) is 0 Å². The molecule has 5 heteroatoms. The molecular formula is C15H24N4S. The second kappa shape index (κ2) is 6.99. The van der Waals surface area contributed by atoms with Crippen molar-refractivity contribution in [3.05, 3.63) is 33.5 Å². The molecule has 0 radical (unpaired) electrons. The van der Waals surface area contributed by atoms with E-state index in [-0.39, 0.29) is 6.04 Å². The van der Waals surface area contributed by atoms with Crippen LogP contribution in [0, 0.1) is 6.92 Å². The lowest BCUT2D eigenvalue weighted by atomic mass is 10.1. The molecule has 0 aliphatic heterocycles. The van der Waals surface area contributed by atoms with E-state index in [1.54, 1.807) is 11.3 Å². The maximum absolute atomic E-state index is 4.81. The average Bonchev–Trinajstić information content (AvgIpc) is 3.06. The van der Waals surface area contributed by atoms with Crippen LogP contribution >= 0.6 is 11.3 Å². The van der Waals surface area contributed by atoms with E-state index < -0.39 is 0 Å². The number of nitrogens with one attached hydrogen (secondary N) is 1. The first kappa shape index (κ1) is 15.2. The quantitative estimate of drug-likeness (QED) is 0.851. The second-order valence-corrected chi connectivity index (χ2v) is 6.16. The Labute approximate surface area is 125 Å². The van der Waals surface area contributed by atoms with Crippen molar-refractivity contribution in [3.8, 4) is 0 Å². The van der Waals surface area contributed by atoms with Gasteiger partial charge in [-0.15, -0.1) is 11.3 Å². The number of aryl methyl sites for hydroxylation is 3. The molecular weight excluding hydrogens is 268 g/mol. The first-order chi connectivity index (χ1) is 9.69. The number of nitrogens with zero attached hydrogens (tertiary/aromatic N) is 3. The van der Waals surface area contributed by atoms with Gasteiger partial charge in [0.1, 0.15) is 5.01 Å². The Morgan fingerprint density at radius 1 is 1.35 bits per heavy atom. The van der Waals surface area contributed by atoms with Crippen LogP contribution in [0.15, 0.2) is 12.4 Å². The summed E-state index contributed by atoms with van der Waals surface area (Å²) in [7, 11) is 0. The van der Waals surface area contributed by atoms with E-state index in [0.717, 1.165) is 30.9 Å². The van der Waals surface area contributed by atoms with Crippen molar-refractivity contribution in [2.45, 2.75) is 53.1 Å². The van der Waals surface area contributed by atoms with Gasteiger partial charge in [-0.1, -0.05) is 13.8 Å². The molecule has 0 saturated heterocycles. The molecule has 1 unspecified atom stereocenters. The highest BCUT2D eigenvalue weighted by Gasteiger charge is 2.20. The Morgan fingerprint density at radius 2 is 2.15 bits per heavy atom. The van der Waals surface area contributed by atoms with Crippen molar-refractivity contribution in [3.63, 3.8) is 0 Å². The smallest absolute Gasteiger partial charge is 0.115 e. The van der Waals surface area contributed by atoms with Crippen LogP contribution < -0.4 is 5.32 Å². The van der Waals surface area contributed by atoms with Gasteiger partial charge in [0, 0.05) is 23.2 Å². The predicted molar refractivity (Wildman–Crippen MR) is 84.3 cm³/mol. The van der Waals surface area contributed by atoms with E-state index in [1.165, 1.54) is 16.1 Å². The van der Waals surface area contributed by atoms with Gasteiger partial charge in [-0.2, -0.15) is 5.10 Å². The zero-order chi connectivity index (χ0) is 14.5. The van der Waals surface area contributed by atoms with Gasteiger partial charge in [-0.05, 0) is 33.2 Å². The molecule has 0 spiro atoms. The largest absolute Gasteiger partial charge is 0.304 e. The fourth-order valence-electron chi connectivity index (χ4n) is 2.24. The van der Waals surface area contributed by atoms with E-state index in [2.05, 4.69) is 44.3 Å². The Hall–Kier alpha value is -1.20. The van der Waals surface area contributed by atoms with Gasteiger partial charge in [0.05, 0.1) is 17.9 Å². The van der Waals surface area contributed by atoms with Crippen molar-refractivity contribution in [1.29, 1.82) is 0 Å². The Bertz CT molecular complexity index is 544. The normalized spacial score (nSPS) is 12.8. The van der Waals surface area contributed by atoms with Gasteiger partial charge in [0.2, 0.25) is 0 Å². The fourth-order valence-corrected chi connectivity index (χ4v) is 3.35. The first-order valence-corrected chi connectivity index (χ1v) is 8.23. The third kappa shape index (κ3) is 3.27. The van der Waals surface area contributed by atoms with Crippen LogP contribution in [0.3, 0.4) is 0 Å². The molecule has 0 fully saturated rings. The molecule has 2 heterocycles. The van der Waals surface area contributed by atoms with Crippen molar-refractivity contribution in [2.24, 2.45) is 0 Å². The molecule has 0 aliphatic rings. The molecule has 110 valence electrons. The maximum atomic E-state index is 4.81. The highest BCUT2D eigenvalue weighted by molar-refractivity contribution is 7.11. The van der Waals surface area contributed by atoms with Crippen LogP contribution in [0.1, 0.15) is 54.4 Å². The summed E-state index contributed by atoms with van der Waals surface area (Å²) >= 11 is 1.80. The summed E-state index contributed by atoms with van der Waals surface area (Å²) < 4.78 is 1.97. The molecule has 0 amide bonds. The minimum atomic E-state index is 0.166. The van der Waals surface area contributed by atoms with Gasteiger partial charge < -0.3 is 5.32 Å². The molecule has 2 aromatic heterocycles. The third-order valence-corrected chi connectivity index (χ3v) is 4.48. The van der Waals surface area contributed by atoms with Gasteiger partial charge >= 0.3 is 0 Å². The van der Waals surface area contributed by atoms with Gasteiger partial charge in [-0.3, -0.25) is 4.68 Å². The van der Waals surface area contributed by atoms with Crippen molar-refractivity contribution in [2.75, 3.05) is 6.54 Å². The summed E-state index contributed by atoms with van der Waals surface area (Å²) in [6, 6.07) is 0.166. The van der Waals surface area contributed by atoms with Crippen molar-refractivity contribution in [1.82, 2.24) is 20.1 Å². The van der Waals surface area contributed by atoms with Crippen LogP contribution in [0.25, 0.3) is 0 Å². The lowest BCUT2D eigenvalue weighted by molar-refractivity contribution is 0.592. The Morgan fingerprint density at radius 3 is 2.70 bits per heavy atom. The van der Waals surface area contributed by atoms with Crippen LogP contribution in [-0.2, 0) is 13.0 Å². The minimum absolute atomic E-state index is 0.166.